The van der Waals surface area contributed by atoms with Crippen LogP contribution in [-0.2, 0) is 6.54 Å². The number of rotatable bonds is 6. The van der Waals surface area contributed by atoms with E-state index in [1.165, 1.54) is 10.7 Å². The maximum atomic E-state index is 10.6. The van der Waals surface area contributed by atoms with Crippen LogP contribution in [0, 0.1) is 17.0 Å². The zero-order valence-corrected chi connectivity index (χ0v) is 11.0. The second-order valence-corrected chi connectivity index (χ2v) is 4.36. The zero-order valence-electron chi connectivity index (χ0n) is 11.0. The van der Waals surface area contributed by atoms with Crippen LogP contribution in [0.15, 0.2) is 36.4 Å². The van der Waals surface area contributed by atoms with Gasteiger partial charge in [0, 0.05) is 0 Å². The third-order valence-corrected chi connectivity index (χ3v) is 2.72. The Labute approximate surface area is 115 Å². The Hall–Kier alpha value is -2.41. The van der Waals surface area contributed by atoms with Crippen molar-refractivity contribution in [1.29, 1.82) is 0 Å². The van der Waals surface area contributed by atoms with Crippen LogP contribution in [-0.4, -0.2) is 32.5 Å². The number of hydrogen-bond donors (Lipinski definition) is 1. The summed E-state index contributed by atoms with van der Waals surface area (Å²) >= 11 is 0. The molecule has 0 aliphatic carbocycles. The van der Waals surface area contributed by atoms with E-state index in [-0.39, 0.29) is 19.0 Å². The Bertz CT molecular complexity index is 583. The molecule has 0 saturated carbocycles. The molecular weight excluding hydrogens is 262 g/mol. The van der Waals surface area contributed by atoms with Crippen molar-refractivity contribution < 1.29 is 14.8 Å². The zero-order chi connectivity index (χ0) is 14.5. The van der Waals surface area contributed by atoms with Crippen LogP contribution in [0.1, 0.15) is 5.69 Å². The summed E-state index contributed by atoms with van der Waals surface area (Å²) in [6, 6.07) is 10.5. The van der Waals surface area contributed by atoms with Gasteiger partial charge in [0.05, 0.1) is 23.4 Å². The third kappa shape index (κ3) is 3.55. The summed E-state index contributed by atoms with van der Waals surface area (Å²) in [5, 5.41) is 24.3. The van der Waals surface area contributed by atoms with Crippen molar-refractivity contribution >= 4 is 5.82 Å². The summed E-state index contributed by atoms with van der Waals surface area (Å²) in [6.45, 7) is 1.94. The SMILES string of the molecule is Cc1cc([N+](=O)[O-])nn1C[C@@H](O)COc1ccccc1. The minimum atomic E-state index is -0.798. The molecule has 2 rings (SSSR count). The van der Waals surface area contributed by atoms with Crippen LogP contribution in [0.5, 0.6) is 5.75 Å². The van der Waals surface area contributed by atoms with E-state index >= 15 is 0 Å². The van der Waals surface area contributed by atoms with Crippen LogP contribution in [0.3, 0.4) is 0 Å². The van der Waals surface area contributed by atoms with Crippen LogP contribution in [0.25, 0.3) is 0 Å². The summed E-state index contributed by atoms with van der Waals surface area (Å²) in [5.74, 6) is 0.438. The average Bonchev–Trinajstić information content (AvgIpc) is 2.79. The fourth-order valence-corrected chi connectivity index (χ4v) is 1.73. The second-order valence-electron chi connectivity index (χ2n) is 4.36. The van der Waals surface area contributed by atoms with Crippen LogP contribution < -0.4 is 4.74 Å². The van der Waals surface area contributed by atoms with E-state index in [1.807, 2.05) is 18.2 Å². The Kier molecular flexibility index (Phi) is 4.31. The molecule has 0 bridgehead atoms. The van der Waals surface area contributed by atoms with E-state index in [2.05, 4.69) is 5.10 Å². The Morgan fingerprint density at radius 1 is 1.45 bits per heavy atom. The topological polar surface area (TPSA) is 90.4 Å². The monoisotopic (exact) mass is 277 g/mol. The number of nitrogens with zero attached hydrogens (tertiary/aromatic N) is 3. The number of aliphatic hydroxyl groups is 1. The minimum Gasteiger partial charge on any atom is -0.491 e. The number of aliphatic hydroxyl groups excluding tert-OH is 1. The fourth-order valence-electron chi connectivity index (χ4n) is 1.73. The number of aryl methyl sites for hydroxylation is 1. The minimum absolute atomic E-state index is 0.0944. The first-order valence-corrected chi connectivity index (χ1v) is 6.11. The van der Waals surface area contributed by atoms with Crippen LogP contribution in [0.2, 0.25) is 0 Å². The lowest BCUT2D eigenvalue weighted by Gasteiger charge is -2.11. The van der Waals surface area contributed by atoms with E-state index in [4.69, 9.17) is 4.74 Å². The molecule has 0 aliphatic rings. The van der Waals surface area contributed by atoms with Crippen LogP contribution in [0.4, 0.5) is 5.82 Å². The summed E-state index contributed by atoms with van der Waals surface area (Å²) in [6.07, 6.45) is -0.798. The predicted molar refractivity (Wildman–Crippen MR) is 71.6 cm³/mol. The number of benzene rings is 1. The molecule has 7 heteroatoms. The molecular formula is C13H15N3O4. The fraction of sp³-hybridized carbons (Fsp3) is 0.308. The van der Waals surface area contributed by atoms with Gasteiger partial charge in [0.2, 0.25) is 0 Å². The molecule has 0 spiro atoms. The highest BCUT2D eigenvalue weighted by atomic mass is 16.6. The predicted octanol–water partition coefficient (Wildman–Crippen LogP) is 1.54. The normalized spacial score (nSPS) is 12.1. The lowest BCUT2D eigenvalue weighted by molar-refractivity contribution is -0.389. The molecule has 0 fully saturated rings. The maximum absolute atomic E-state index is 10.6. The molecule has 0 unspecified atom stereocenters. The van der Waals surface area contributed by atoms with Gasteiger partial charge in [-0.05, 0) is 24.0 Å². The molecule has 106 valence electrons. The average molecular weight is 277 g/mol. The molecule has 0 saturated heterocycles. The highest BCUT2D eigenvalue weighted by Gasteiger charge is 2.18. The summed E-state index contributed by atoms with van der Waals surface area (Å²) < 4.78 is 6.81. The van der Waals surface area contributed by atoms with Gasteiger partial charge in [-0.3, -0.25) is 0 Å². The third-order valence-electron chi connectivity index (χ3n) is 2.72. The van der Waals surface area contributed by atoms with E-state index < -0.39 is 11.0 Å². The Morgan fingerprint density at radius 3 is 2.75 bits per heavy atom. The smallest absolute Gasteiger partial charge is 0.390 e. The largest absolute Gasteiger partial charge is 0.491 e. The summed E-state index contributed by atoms with van der Waals surface area (Å²) in [7, 11) is 0. The number of aromatic nitrogens is 2. The van der Waals surface area contributed by atoms with E-state index in [1.54, 1.807) is 19.1 Å². The van der Waals surface area contributed by atoms with Gasteiger partial charge in [0.15, 0.2) is 0 Å². The van der Waals surface area contributed by atoms with Crippen molar-refractivity contribution in [2.24, 2.45) is 0 Å². The van der Waals surface area contributed by atoms with Gasteiger partial charge in [0.25, 0.3) is 0 Å². The molecule has 0 radical (unpaired) electrons. The van der Waals surface area contributed by atoms with Gasteiger partial charge in [-0.1, -0.05) is 18.2 Å². The lowest BCUT2D eigenvalue weighted by Crippen LogP contribution is -2.24. The van der Waals surface area contributed by atoms with E-state index in [9.17, 15) is 15.2 Å². The lowest BCUT2D eigenvalue weighted by atomic mass is 10.3. The van der Waals surface area contributed by atoms with Gasteiger partial charge < -0.3 is 20.0 Å². The van der Waals surface area contributed by atoms with E-state index in [0.717, 1.165) is 0 Å². The molecule has 20 heavy (non-hydrogen) atoms. The molecule has 1 N–H and O–H groups in total. The second kappa shape index (κ2) is 6.16. The Balaban J connectivity index is 1.91. The van der Waals surface area contributed by atoms with Crippen molar-refractivity contribution in [3.8, 4) is 5.75 Å². The van der Waals surface area contributed by atoms with Crippen molar-refractivity contribution in [2.45, 2.75) is 19.6 Å². The number of ether oxygens (including phenoxy) is 1. The number of para-hydroxylation sites is 1. The van der Waals surface area contributed by atoms with Gasteiger partial charge in [-0.25, -0.2) is 0 Å². The van der Waals surface area contributed by atoms with Crippen molar-refractivity contribution in [2.75, 3.05) is 6.61 Å². The molecule has 7 nitrogen and oxygen atoms in total. The van der Waals surface area contributed by atoms with Gasteiger partial charge in [-0.15, -0.1) is 0 Å². The molecule has 0 aliphatic heterocycles. The van der Waals surface area contributed by atoms with Crippen molar-refractivity contribution in [3.05, 3.63) is 52.2 Å². The first kappa shape index (κ1) is 14.0. The first-order valence-electron chi connectivity index (χ1n) is 6.11. The first-order chi connectivity index (χ1) is 9.56. The molecule has 2 aromatic rings. The van der Waals surface area contributed by atoms with Gasteiger partial charge in [-0.2, -0.15) is 4.68 Å². The standard InChI is InChI=1S/C13H15N3O4/c1-10-7-13(16(18)19)14-15(10)8-11(17)9-20-12-5-3-2-4-6-12/h2-7,11,17H,8-9H2,1H3/t11-/m1/s1. The maximum Gasteiger partial charge on any atom is 0.390 e. The molecule has 0 amide bonds. The molecule has 1 aromatic carbocycles. The molecule has 1 heterocycles. The molecule has 1 aromatic heterocycles. The van der Waals surface area contributed by atoms with Gasteiger partial charge in [0.1, 0.15) is 18.5 Å². The van der Waals surface area contributed by atoms with Crippen molar-refractivity contribution in [3.63, 3.8) is 0 Å². The summed E-state index contributed by atoms with van der Waals surface area (Å²) in [4.78, 5) is 10.0. The van der Waals surface area contributed by atoms with Gasteiger partial charge >= 0.3 is 5.82 Å². The highest BCUT2D eigenvalue weighted by Crippen LogP contribution is 2.12. The Morgan fingerprint density at radius 2 is 2.15 bits per heavy atom. The highest BCUT2D eigenvalue weighted by molar-refractivity contribution is 5.21. The van der Waals surface area contributed by atoms with Crippen LogP contribution >= 0.6 is 0 Å². The quantitative estimate of drug-likeness (QED) is 0.639. The van der Waals surface area contributed by atoms with Crippen molar-refractivity contribution in [1.82, 2.24) is 9.78 Å². The number of nitro groups is 1. The summed E-state index contributed by atoms with van der Waals surface area (Å²) in [5.41, 5.74) is 0.621. The molecule has 1 atom stereocenters. The van der Waals surface area contributed by atoms with E-state index in [0.29, 0.717) is 11.4 Å². The number of hydrogen-bond acceptors (Lipinski definition) is 5.